The van der Waals surface area contributed by atoms with Gasteiger partial charge in [0, 0.05) is 26.2 Å². The summed E-state index contributed by atoms with van der Waals surface area (Å²) in [5, 5.41) is 3.53. The Labute approximate surface area is 130 Å². The van der Waals surface area contributed by atoms with Gasteiger partial charge in [0.1, 0.15) is 0 Å². The van der Waals surface area contributed by atoms with Crippen LogP contribution in [-0.2, 0) is 14.8 Å². The summed E-state index contributed by atoms with van der Waals surface area (Å²) in [6.45, 7) is 8.56. The fourth-order valence-electron chi connectivity index (χ4n) is 3.13. The molecule has 1 fully saturated rings. The molecule has 0 amide bonds. The first-order chi connectivity index (χ1) is 9.68. The summed E-state index contributed by atoms with van der Waals surface area (Å²) in [6, 6.07) is 0.370. The van der Waals surface area contributed by atoms with E-state index >= 15 is 0 Å². The molecule has 1 N–H and O–H groups in total. The van der Waals surface area contributed by atoms with Gasteiger partial charge in [-0.3, -0.25) is 0 Å². The third-order valence-electron chi connectivity index (χ3n) is 4.35. The Hall–Kier alpha value is -0.170. The zero-order valence-corrected chi connectivity index (χ0v) is 15.0. The lowest BCUT2D eigenvalue weighted by atomic mass is 9.87. The van der Waals surface area contributed by atoms with E-state index in [0.717, 1.165) is 32.2 Å². The maximum atomic E-state index is 11.7. The SMILES string of the molecule is CCNC(CC1CCCN(S(C)(=O)=O)C1)CC(C)(C)OC. The van der Waals surface area contributed by atoms with Crippen molar-refractivity contribution in [3.63, 3.8) is 0 Å². The molecule has 126 valence electrons. The molecule has 0 aliphatic carbocycles. The fraction of sp³-hybridized carbons (Fsp3) is 1.00. The molecule has 6 heteroatoms. The topological polar surface area (TPSA) is 58.6 Å². The van der Waals surface area contributed by atoms with Crippen molar-refractivity contribution in [2.24, 2.45) is 5.92 Å². The summed E-state index contributed by atoms with van der Waals surface area (Å²) >= 11 is 0. The van der Waals surface area contributed by atoms with E-state index in [4.69, 9.17) is 4.74 Å². The van der Waals surface area contributed by atoms with Gasteiger partial charge in [0.25, 0.3) is 0 Å². The monoisotopic (exact) mass is 320 g/mol. The van der Waals surface area contributed by atoms with Crippen LogP contribution in [0.1, 0.15) is 46.5 Å². The van der Waals surface area contributed by atoms with Gasteiger partial charge >= 0.3 is 0 Å². The van der Waals surface area contributed by atoms with Crippen LogP contribution in [0.25, 0.3) is 0 Å². The second kappa shape index (κ2) is 7.90. The molecule has 1 aliphatic heterocycles. The summed E-state index contributed by atoms with van der Waals surface area (Å²) in [5.41, 5.74) is -0.155. The van der Waals surface area contributed by atoms with Gasteiger partial charge in [0.2, 0.25) is 10.0 Å². The lowest BCUT2D eigenvalue weighted by molar-refractivity contribution is 0.00443. The van der Waals surface area contributed by atoms with Crippen LogP contribution < -0.4 is 5.32 Å². The molecule has 0 aromatic carbocycles. The van der Waals surface area contributed by atoms with Crippen LogP contribution >= 0.6 is 0 Å². The largest absolute Gasteiger partial charge is 0.379 e. The molecule has 1 aliphatic rings. The van der Waals surface area contributed by atoms with Crippen LogP contribution in [0.15, 0.2) is 0 Å². The maximum absolute atomic E-state index is 11.7. The van der Waals surface area contributed by atoms with E-state index in [2.05, 4.69) is 26.1 Å². The highest BCUT2D eigenvalue weighted by molar-refractivity contribution is 7.88. The van der Waals surface area contributed by atoms with Crippen molar-refractivity contribution < 1.29 is 13.2 Å². The average molecular weight is 320 g/mol. The second-order valence-electron chi connectivity index (χ2n) is 6.79. The summed E-state index contributed by atoms with van der Waals surface area (Å²) < 4.78 is 30.6. The molecule has 1 saturated heterocycles. The second-order valence-corrected chi connectivity index (χ2v) is 8.77. The molecule has 0 aromatic rings. The molecular weight excluding hydrogens is 288 g/mol. The normalized spacial score (nSPS) is 23.2. The molecule has 0 bridgehead atoms. The Morgan fingerprint density at radius 3 is 2.62 bits per heavy atom. The van der Waals surface area contributed by atoms with Gasteiger partial charge in [-0.25, -0.2) is 12.7 Å². The highest BCUT2D eigenvalue weighted by Gasteiger charge is 2.29. The fourth-order valence-corrected chi connectivity index (χ4v) is 4.07. The van der Waals surface area contributed by atoms with Gasteiger partial charge in [-0.2, -0.15) is 0 Å². The van der Waals surface area contributed by atoms with Crippen LogP contribution in [0.3, 0.4) is 0 Å². The molecule has 2 atom stereocenters. The van der Waals surface area contributed by atoms with Crippen LogP contribution in [0.2, 0.25) is 0 Å². The van der Waals surface area contributed by atoms with Crippen molar-refractivity contribution in [2.45, 2.75) is 58.1 Å². The number of hydrogen-bond acceptors (Lipinski definition) is 4. The number of rotatable bonds is 8. The molecule has 1 rings (SSSR count). The number of hydrogen-bond donors (Lipinski definition) is 1. The quantitative estimate of drug-likeness (QED) is 0.741. The molecule has 2 unspecified atom stereocenters. The molecule has 0 aromatic heterocycles. The predicted octanol–water partition coefficient (Wildman–Crippen LogP) is 1.84. The van der Waals surface area contributed by atoms with Crippen molar-refractivity contribution in [3.05, 3.63) is 0 Å². The Kier molecular flexibility index (Phi) is 7.10. The lowest BCUT2D eigenvalue weighted by Crippen LogP contribution is -2.43. The smallest absolute Gasteiger partial charge is 0.211 e. The van der Waals surface area contributed by atoms with Crippen molar-refractivity contribution in [1.82, 2.24) is 9.62 Å². The van der Waals surface area contributed by atoms with Gasteiger partial charge in [-0.05, 0) is 52.0 Å². The van der Waals surface area contributed by atoms with Crippen molar-refractivity contribution >= 4 is 10.0 Å². The van der Waals surface area contributed by atoms with E-state index in [1.54, 1.807) is 11.4 Å². The Morgan fingerprint density at radius 2 is 2.10 bits per heavy atom. The van der Waals surface area contributed by atoms with Gasteiger partial charge < -0.3 is 10.1 Å². The van der Waals surface area contributed by atoms with E-state index in [9.17, 15) is 8.42 Å². The summed E-state index contributed by atoms with van der Waals surface area (Å²) in [6.07, 6.45) is 5.33. The minimum Gasteiger partial charge on any atom is -0.379 e. The Morgan fingerprint density at radius 1 is 1.43 bits per heavy atom. The van der Waals surface area contributed by atoms with Gasteiger partial charge in [0.15, 0.2) is 0 Å². The van der Waals surface area contributed by atoms with E-state index in [1.165, 1.54) is 6.26 Å². The standard InChI is InChI=1S/C15H32N2O3S/c1-6-16-14(11-15(2,3)20-4)10-13-8-7-9-17(12-13)21(5,18)19/h13-14,16H,6-12H2,1-5H3. The first kappa shape index (κ1) is 18.9. The van der Waals surface area contributed by atoms with E-state index in [0.29, 0.717) is 25.0 Å². The van der Waals surface area contributed by atoms with Gasteiger partial charge in [-0.1, -0.05) is 6.92 Å². The number of methoxy groups -OCH3 is 1. The van der Waals surface area contributed by atoms with Crippen LogP contribution in [0, 0.1) is 5.92 Å². The Bertz CT molecular complexity index is 409. The van der Waals surface area contributed by atoms with Gasteiger partial charge in [-0.15, -0.1) is 0 Å². The first-order valence-electron chi connectivity index (χ1n) is 7.91. The number of nitrogens with one attached hydrogen (secondary N) is 1. The van der Waals surface area contributed by atoms with Crippen LogP contribution in [-0.4, -0.2) is 57.4 Å². The summed E-state index contributed by atoms with van der Waals surface area (Å²) in [5.74, 6) is 0.435. The minimum atomic E-state index is -3.06. The molecule has 0 radical (unpaired) electrons. The first-order valence-corrected chi connectivity index (χ1v) is 9.76. The zero-order chi connectivity index (χ0) is 16.1. The molecule has 21 heavy (non-hydrogen) atoms. The number of nitrogens with zero attached hydrogens (tertiary/aromatic N) is 1. The lowest BCUT2D eigenvalue weighted by Gasteiger charge is -2.35. The zero-order valence-electron chi connectivity index (χ0n) is 14.2. The number of ether oxygens (including phenoxy) is 1. The van der Waals surface area contributed by atoms with Crippen molar-refractivity contribution in [2.75, 3.05) is 33.0 Å². The summed E-state index contributed by atoms with van der Waals surface area (Å²) in [4.78, 5) is 0. The molecule has 5 nitrogen and oxygen atoms in total. The molecular formula is C15H32N2O3S. The van der Waals surface area contributed by atoms with Crippen LogP contribution in [0.5, 0.6) is 0 Å². The molecule has 1 heterocycles. The highest BCUT2D eigenvalue weighted by atomic mass is 32.2. The summed E-state index contributed by atoms with van der Waals surface area (Å²) in [7, 11) is -1.31. The highest BCUT2D eigenvalue weighted by Crippen LogP contribution is 2.26. The van der Waals surface area contributed by atoms with Crippen LogP contribution in [0.4, 0.5) is 0 Å². The van der Waals surface area contributed by atoms with Crippen molar-refractivity contribution in [3.8, 4) is 0 Å². The van der Waals surface area contributed by atoms with Crippen molar-refractivity contribution in [1.29, 1.82) is 0 Å². The third kappa shape index (κ3) is 6.63. The molecule has 0 spiro atoms. The van der Waals surface area contributed by atoms with E-state index in [-0.39, 0.29) is 5.60 Å². The minimum absolute atomic E-state index is 0.155. The Balaban J connectivity index is 2.62. The predicted molar refractivity (Wildman–Crippen MR) is 86.9 cm³/mol. The number of sulfonamides is 1. The van der Waals surface area contributed by atoms with Gasteiger partial charge in [0.05, 0.1) is 11.9 Å². The average Bonchev–Trinajstić information content (AvgIpc) is 2.38. The van der Waals surface area contributed by atoms with E-state index < -0.39 is 10.0 Å². The molecule has 0 saturated carbocycles. The third-order valence-corrected chi connectivity index (χ3v) is 5.62. The number of piperidine rings is 1. The maximum Gasteiger partial charge on any atom is 0.211 e. The van der Waals surface area contributed by atoms with E-state index in [1.807, 2.05) is 0 Å².